The van der Waals surface area contributed by atoms with Crippen molar-refractivity contribution in [2.45, 2.75) is 58.4 Å². The van der Waals surface area contributed by atoms with Crippen molar-refractivity contribution in [3.8, 4) is 0 Å². The minimum absolute atomic E-state index is 0.360. The molecule has 1 saturated heterocycles. The van der Waals surface area contributed by atoms with E-state index in [1.807, 2.05) is 0 Å². The quantitative estimate of drug-likeness (QED) is 0.743. The Kier molecular flexibility index (Phi) is 5.67. The lowest BCUT2D eigenvalue weighted by Gasteiger charge is -2.34. The molecule has 1 aliphatic heterocycles. The second-order valence-corrected chi connectivity index (χ2v) is 7.14. The molecule has 2 rings (SSSR count). The highest BCUT2D eigenvalue weighted by Crippen LogP contribution is 2.39. The molecular formula is C16H32N2O. The van der Waals surface area contributed by atoms with Gasteiger partial charge in [-0.1, -0.05) is 26.7 Å². The van der Waals surface area contributed by atoms with Gasteiger partial charge in [0, 0.05) is 32.3 Å². The Morgan fingerprint density at radius 2 is 2.05 bits per heavy atom. The molecule has 0 bridgehead atoms. The van der Waals surface area contributed by atoms with E-state index in [4.69, 9.17) is 5.11 Å². The first-order chi connectivity index (χ1) is 9.13. The summed E-state index contributed by atoms with van der Waals surface area (Å²) in [6.07, 6.45) is 7.89. The smallest absolute Gasteiger partial charge is 0.0434 e. The average molecular weight is 268 g/mol. The van der Waals surface area contributed by atoms with Gasteiger partial charge in [-0.25, -0.2) is 0 Å². The molecule has 2 N–H and O–H groups in total. The SMILES string of the molecule is CC(C)NCC1(CN2CCC(CCO)C2)CCCC1. The number of likely N-dealkylation sites (tertiary alicyclic amines) is 1. The Labute approximate surface area is 118 Å². The van der Waals surface area contributed by atoms with E-state index in [0.29, 0.717) is 18.1 Å². The van der Waals surface area contributed by atoms with Crippen molar-refractivity contribution in [2.75, 3.05) is 32.8 Å². The van der Waals surface area contributed by atoms with Crippen LogP contribution in [0.5, 0.6) is 0 Å². The molecule has 2 aliphatic rings. The van der Waals surface area contributed by atoms with Gasteiger partial charge in [0.1, 0.15) is 0 Å². The van der Waals surface area contributed by atoms with Gasteiger partial charge in [0.05, 0.1) is 0 Å². The van der Waals surface area contributed by atoms with Crippen molar-refractivity contribution in [1.82, 2.24) is 10.2 Å². The van der Waals surface area contributed by atoms with Gasteiger partial charge in [-0.2, -0.15) is 0 Å². The third-order valence-electron chi connectivity index (χ3n) is 5.02. The third-order valence-corrected chi connectivity index (χ3v) is 5.02. The minimum atomic E-state index is 0.360. The molecule has 1 heterocycles. The normalized spacial score (nSPS) is 27.5. The van der Waals surface area contributed by atoms with Crippen LogP contribution in [0.25, 0.3) is 0 Å². The van der Waals surface area contributed by atoms with E-state index in [0.717, 1.165) is 12.3 Å². The molecule has 3 nitrogen and oxygen atoms in total. The number of nitrogens with one attached hydrogen (secondary N) is 1. The summed E-state index contributed by atoms with van der Waals surface area (Å²) in [4.78, 5) is 2.66. The number of hydrogen-bond donors (Lipinski definition) is 2. The number of nitrogens with zero attached hydrogens (tertiary/aromatic N) is 1. The molecule has 1 atom stereocenters. The standard InChI is InChI=1S/C16H32N2O/c1-14(2)17-12-16(7-3-4-8-16)13-18-9-5-15(11-18)6-10-19/h14-15,17,19H,3-13H2,1-2H3. The molecule has 112 valence electrons. The van der Waals surface area contributed by atoms with Crippen LogP contribution >= 0.6 is 0 Å². The summed E-state index contributed by atoms with van der Waals surface area (Å²) in [7, 11) is 0. The van der Waals surface area contributed by atoms with E-state index in [9.17, 15) is 0 Å². The summed E-state index contributed by atoms with van der Waals surface area (Å²) in [5, 5.41) is 12.7. The fourth-order valence-electron chi connectivity index (χ4n) is 3.89. The van der Waals surface area contributed by atoms with Gasteiger partial charge in [-0.05, 0) is 43.6 Å². The van der Waals surface area contributed by atoms with Crippen molar-refractivity contribution in [3.05, 3.63) is 0 Å². The zero-order valence-corrected chi connectivity index (χ0v) is 12.8. The summed E-state index contributed by atoms with van der Waals surface area (Å²) in [6.45, 7) is 9.77. The van der Waals surface area contributed by atoms with E-state index in [1.165, 1.54) is 58.3 Å². The van der Waals surface area contributed by atoms with Gasteiger partial charge in [-0.3, -0.25) is 0 Å². The van der Waals surface area contributed by atoms with Crippen LogP contribution in [0.3, 0.4) is 0 Å². The van der Waals surface area contributed by atoms with Crippen LogP contribution in [0.1, 0.15) is 52.4 Å². The van der Waals surface area contributed by atoms with Crippen molar-refractivity contribution < 1.29 is 5.11 Å². The molecule has 1 aliphatic carbocycles. The highest BCUT2D eigenvalue weighted by Gasteiger charge is 2.37. The van der Waals surface area contributed by atoms with Gasteiger partial charge in [0.25, 0.3) is 0 Å². The Bertz CT molecular complexity index is 261. The molecule has 1 saturated carbocycles. The van der Waals surface area contributed by atoms with Crippen molar-refractivity contribution in [1.29, 1.82) is 0 Å². The number of hydrogen-bond acceptors (Lipinski definition) is 3. The predicted octanol–water partition coefficient (Wildman–Crippen LogP) is 2.25. The molecule has 3 heteroatoms. The van der Waals surface area contributed by atoms with Crippen LogP contribution in [-0.4, -0.2) is 48.8 Å². The highest BCUT2D eigenvalue weighted by molar-refractivity contribution is 4.91. The summed E-state index contributed by atoms with van der Waals surface area (Å²) in [5.74, 6) is 0.738. The maximum Gasteiger partial charge on any atom is 0.0434 e. The largest absolute Gasteiger partial charge is 0.396 e. The zero-order chi connectivity index (χ0) is 13.7. The van der Waals surface area contributed by atoms with Gasteiger partial charge in [0.15, 0.2) is 0 Å². The third kappa shape index (κ3) is 4.44. The molecular weight excluding hydrogens is 236 g/mol. The first-order valence-corrected chi connectivity index (χ1v) is 8.20. The molecule has 19 heavy (non-hydrogen) atoms. The minimum Gasteiger partial charge on any atom is -0.396 e. The number of aliphatic hydroxyl groups excluding tert-OH is 1. The maximum absolute atomic E-state index is 9.06. The summed E-state index contributed by atoms with van der Waals surface area (Å²) < 4.78 is 0. The number of rotatable bonds is 7. The van der Waals surface area contributed by atoms with E-state index in [1.54, 1.807) is 0 Å². The fourth-order valence-corrected chi connectivity index (χ4v) is 3.89. The summed E-state index contributed by atoms with van der Waals surface area (Å²) >= 11 is 0. The van der Waals surface area contributed by atoms with Crippen LogP contribution in [0.15, 0.2) is 0 Å². The topological polar surface area (TPSA) is 35.5 Å². The number of aliphatic hydroxyl groups is 1. The lowest BCUT2D eigenvalue weighted by Crippen LogP contribution is -2.43. The molecule has 0 spiro atoms. The molecule has 1 unspecified atom stereocenters. The van der Waals surface area contributed by atoms with Crippen LogP contribution in [0, 0.1) is 11.3 Å². The van der Waals surface area contributed by atoms with Crippen LogP contribution in [-0.2, 0) is 0 Å². The molecule has 2 fully saturated rings. The molecule has 0 aromatic carbocycles. The fraction of sp³-hybridized carbons (Fsp3) is 1.00. The molecule has 0 aromatic rings. The van der Waals surface area contributed by atoms with Gasteiger partial charge in [-0.15, -0.1) is 0 Å². The van der Waals surface area contributed by atoms with E-state index >= 15 is 0 Å². The second-order valence-electron chi connectivity index (χ2n) is 7.14. The van der Waals surface area contributed by atoms with Gasteiger partial charge in [0.2, 0.25) is 0 Å². The molecule has 0 radical (unpaired) electrons. The Morgan fingerprint density at radius 3 is 2.68 bits per heavy atom. The lowest BCUT2D eigenvalue weighted by molar-refractivity contribution is 0.162. The van der Waals surface area contributed by atoms with E-state index in [2.05, 4.69) is 24.1 Å². The summed E-state index contributed by atoms with van der Waals surface area (Å²) in [5.41, 5.74) is 0.526. The van der Waals surface area contributed by atoms with Crippen molar-refractivity contribution in [3.63, 3.8) is 0 Å². The highest BCUT2D eigenvalue weighted by atomic mass is 16.3. The first-order valence-electron chi connectivity index (χ1n) is 8.20. The van der Waals surface area contributed by atoms with Crippen molar-refractivity contribution in [2.24, 2.45) is 11.3 Å². The van der Waals surface area contributed by atoms with Gasteiger partial charge >= 0.3 is 0 Å². The van der Waals surface area contributed by atoms with Crippen LogP contribution in [0.4, 0.5) is 0 Å². The van der Waals surface area contributed by atoms with E-state index in [-0.39, 0.29) is 0 Å². The Morgan fingerprint density at radius 1 is 1.32 bits per heavy atom. The monoisotopic (exact) mass is 268 g/mol. The predicted molar refractivity (Wildman–Crippen MR) is 80.3 cm³/mol. The average Bonchev–Trinajstić information content (AvgIpc) is 2.99. The van der Waals surface area contributed by atoms with Gasteiger partial charge < -0.3 is 15.3 Å². The van der Waals surface area contributed by atoms with E-state index < -0.39 is 0 Å². The summed E-state index contributed by atoms with van der Waals surface area (Å²) in [6, 6.07) is 0.596. The Balaban J connectivity index is 1.83. The lowest BCUT2D eigenvalue weighted by atomic mass is 9.85. The zero-order valence-electron chi connectivity index (χ0n) is 12.8. The van der Waals surface area contributed by atoms with Crippen LogP contribution in [0.2, 0.25) is 0 Å². The molecule has 0 aromatic heterocycles. The van der Waals surface area contributed by atoms with Crippen LogP contribution < -0.4 is 5.32 Å². The molecule has 0 amide bonds. The van der Waals surface area contributed by atoms with Crippen molar-refractivity contribution >= 4 is 0 Å². The Hall–Kier alpha value is -0.120. The maximum atomic E-state index is 9.06. The second kappa shape index (κ2) is 7.05. The first kappa shape index (κ1) is 15.3.